The Morgan fingerprint density at radius 2 is 0.960 bits per heavy atom. The third-order valence-corrected chi connectivity index (χ3v) is 15.1. The number of halogens is 10. The molecule has 4 aromatic rings. The van der Waals surface area contributed by atoms with Crippen LogP contribution < -0.4 is 21.5 Å². The number of hydrogen-bond acceptors (Lipinski definition) is 0. The van der Waals surface area contributed by atoms with Gasteiger partial charge in [-0.25, -0.2) is 43.9 Å². The molecule has 0 amide bonds. The minimum Gasteiger partial charge on any atom is -0.207 e. The molecule has 4 aromatic carbocycles. The van der Waals surface area contributed by atoms with Crippen LogP contribution in [0, 0.1) is 63.6 Å². The number of rotatable bonds is 6. The zero-order chi connectivity index (χ0) is 36.3. The zero-order valence-electron chi connectivity index (χ0n) is 27.1. The van der Waals surface area contributed by atoms with Gasteiger partial charge in [-0.3, -0.25) is 0 Å². The van der Waals surface area contributed by atoms with Crippen LogP contribution in [0.2, 0.25) is 0 Å². The molecule has 0 saturated carbocycles. The summed E-state index contributed by atoms with van der Waals surface area (Å²) in [5.41, 5.74) is -3.74. The van der Waals surface area contributed by atoms with Crippen LogP contribution >= 0.6 is 7.14 Å². The van der Waals surface area contributed by atoms with Gasteiger partial charge in [0.15, 0.2) is 34.9 Å². The molecule has 1 aliphatic heterocycles. The molecular weight excluding hydrogens is 688 g/mol. The van der Waals surface area contributed by atoms with Crippen LogP contribution in [-0.4, -0.2) is 5.87 Å². The standard InChI is InChI=1S/C38H30BF10P/c1-38(2,3)20-19-24-37(21-13-7-4-8-14-21)50(22-15-9-5-10-16-22,23-17-11-6-12-18-23)39(24,25-27(40)31(44)35(48)32(45)28(25)41)26-29(42)33(46)36(49)34(47)30(26)43/h5-6,9-13,15-20H,4,7-8,14H2,1-3H3/b20-19+. The summed E-state index contributed by atoms with van der Waals surface area (Å²) in [6.07, 6.45) is 6.95. The van der Waals surface area contributed by atoms with Gasteiger partial charge in [0.25, 0.3) is 5.87 Å². The maximum atomic E-state index is 16.7. The molecule has 12 heteroatoms. The monoisotopic (exact) mass is 718 g/mol. The van der Waals surface area contributed by atoms with Crippen LogP contribution in [0.3, 0.4) is 0 Å². The first-order valence-electron chi connectivity index (χ1n) is 16.0. The minimum atomic E-state index is -4.32. The summed E-state index contributed by atoms with van der Waals surface area (Å²) in [6.45, 7) is 5.18. The Bertz CT molecular complexity index is 1930. The lowest BCUT2D eigenvalue weighted by Gasteiger charge is -2.62. The van der Waals surface area contributed by atoms with Crippen molar-refractivity contribution in [2.45, 2.75) is 46.5 Å². The highest BCUT2D eigenvalue weighted by atomic mass is 31.2. The largest absolute Gasteiger partial charge is 0.277 e. The lowest BCUT2D eigenvalue weighted by atomic mass is 9.31. The summed E-state index contributed by atoms with van der Waals surface area (Å²) in [6, 6.07) is 15.2. The van der Waals surface area contributed by atoms with Crippen molar-refractivity contribution < 1.29 is 43.9 Å². The van der Waals surface area contributed by atoms with E-state index in [-0.39, 0.29) is 16.1 Å². The molecule has 0 unspecified atom stereocenters. The quantitative estimate of drug-likeness (QED) is 0.0613. The SMILES string of the molecule is CC(C)(C)/C=C/C1=C(C2=CCCCC2)[P+](c2ccccc2)(c2ccccc2)[B-]1(c1c(F)c(F)c(F)c(F)c1F)c1c(F)c(F)c(F)c(F)c1F. The second-order valence-electron chi connectivity index (χ2n) is 13.7. The fourth-order valence-corrected chi connectivity index (χ4v) is 14.1. The molecule has 0 saturated heterocycles. The molecule has 1 aliphatic carbocycles. The molecule has 50 heavy (non-hydrogen) atoms. The van der Waals surface area contributed by atoms with Gasteiger partial charge in [0.2, 0.25) is 0 Å². The summed E-state index contributed by atoms with van der Waals surface area (Å²) in [5.74, 6) is -28.8. The van der Waals surface area contributed by atoms with Gasteiger partial charge in [0.05, 0.1) is 10.6 Å². The molecule has 0 nitrogen and oxygen atoms in total. The van der Waals surface area contributed by atoms with Crippen LogP contribution in [0.1, 0.15) is 46.5 Å². The Labute approximate surface area is 283 Å². The average molecular weight is 718 g/mol. The molecule has 260 valence electrons. The number of allylic oxidation sites excluding steroid dienone is 6. The molecule has 0 aromatic heterocycles. The van der Waals surface area contributed by atoms with Crippen molar-refractivity contribution in [1.29, 1.82) is 0 Å². The Morgan fingerprint density at radius 3 is 1.32 bits per heavy atom. The van der Waals surface area contributed by atoms with Crippen molar-refractivity contribution in [3.05, 3.63) is 153 Å². The third-order valence-electron chi connectivity index (χ3n) is 9.67. The van der Waals surface area contributed by atoms with Crippen LogP contribution in [0.5, 0.6) is 0 Å². The van der Waals surface area contributed by atoms with Crippen LogP contribution in [0.4, 0.5) is 43.9 Å². The smallest absolute Gasteiger partial charge is 0.207 e. The molecule has 6 rings (SSSR count). The van der Waals surface area contributed by atoms with E-state index in [0.29, 0.717) is 30.1 Å². The molecule has 0 N–H and O–H groups in total. The van der Waals surface area contributed by atoms with E-state index < -0.39 is 87.5 Å². The highest BCUT2D eigenvalue weighted by Gasteiger charge is 2.73. The lowest BCUT2D eigenvalue weighted by Crippen LogP contribution is -2.74. The Kier molecular flexibility index (Phi) is 9.21. The second-order valence-corrected chi connectivity index (χ2v) is 17.4. The highest BCUT2D eigenvalue weighted by Crippen LogP contribution is 2.82. The fraction of sp³-hybridized carbons (Fsp3) is 0.211. The molecule has 2 aliphatic rings. The van der Waals surface area contributed by atoms with E-state index in [1.807, 2.05) is 6.08 Å². The van der Waals surface area contributed by atoms with Crippen LogP contribution in [0.15, 0.2) is 95.3 Å². The van der Waals surface area contributed by atoms with Crippen molar-refractivity contribution >= 4 is 34.5 Å². The molecule has 0 fully saturated rings. The van der Waals surface area contributed by atoms with Crippen molar-refractivity contribution in [3.8, 4) is 0 Å². The normalized spacial score (nSPS) is 17.3. The first kappa shape index (κ1) is 35.7. The summed E-state index contributed by atoms with van der Waals surface area (Å²) in [4.78, 5) is 0. The van der Waals surface area contributed by atoms with Crippen LogP contribution in [-0.2, 0) is 0 Å². The Balaban J connectivity index is 2.05. The average Bonchev–Trinajstić information content (AvgIpc) is 3.11. The first-order valence-corrected chi connectivity index (χ1v) is 17.8. The van der Waals surface area contributed by atoms with Crippen molar-refractivity contribution in [1.82, 2.24) is 0 Å². The molecule has 0 bridgehead atoms. The fourth-order valence-electron chi connectivity index (χ4n) is 7.76. The van der Waals surface area contributed by atoms with Crippen molar-refractivity contribution in [2.75, 3.05) is 0 Å². The predicted molar refractivity (Wildman–Crippen MR) is 179 cm³/mol. The van der Waals surface area contributed by atoms with E-state index in [4.69, 9.17) is 0 Å². The third kappa shape index (κ3) is 5.02. The Hall–Kier alpha value is -4.11. The maximum absolute atomic E-state index is 16.7. The van der Waals surface area contributed by atoms with E-state index >= 15 is 35.1 Å². The first-order chi connectivity index (χ1) is 23.6. The number of benzene rings is 4. The van der Waals surface area contributed by atoms with Gasteiger partial charge in [-0.2, -0.15) is 0 Å². The van der Waals surface area contributed by atoms with E-state index in [0.717, 1.165) is 6.42 Å². The van der Waals surface area contributed by atoms with Gasteiger partial charge in [-0.15, -0.1) is 5.47 Å². The minimum absolute atomic E-state index is 0.175. The van der Waals surface area contributed by atoms with Crippen molar-refractivity contribution in [2.24, 2.45) is 5.41 Å². The highest BCUT2D eigenvalue weighted by molar-refractivity contribution is 8.26. The van der Waals surface area contributed by atoms with Gasteiger partial charge in [-0.05, 0) is 68.1 Å². The molecular formula is C38H30BF10P. The zero-order valence-corrected chi connectivity index (χ0v) is 28.0. The number of hydrogen-bond donors (Lipinski definition) is 0. The van der Waals surface area contributed by atoms with Gasteiger partial charge in [-0.1, -0.05) is 86.3 Å². The predicted octanol–water partition coefficient (Wildman–Crippen LogP) is 9.72. The molecule has 0 atom stereocenters. The van der Waals surface area contributed by atoms with Gasteiger partial charge < -0.3 is 0 Å². The lowest BCUT2D eigenvalue weighted by molar-refractivity contribution is 0.382. The summed E-state index contributed by atoms with van der Waals surface area (Å²) < 4.78 is 158. The Morgan fingerprint density at radius 1 is 0.560 bits per heavy atom. The van der Waals surface area contributed by atoms with Gasteiger partial charge in [0.1, 0.15) is 23.3 Å². The second kappa shape index (κ2) is 12.9. The summed E-state index contributed by atoms with van der Waals surface area (Å²) >= 11 is 0. The summed E-state index contributed by atoms with van der Waals surface area (Å²) in [5, 5.41) is 0.671. The van der Waals surface area contributed by atoms with Gasteiger partial charge >= 0.3 is 0 Å². The molecule has 0 radical (unpaired) electrons. The van der Waals surface area contributed by atoms with E-state index in [2.05, 4.69) is 0 Å². The van der Waals surface area contributed by atoms with E-state index in [1.54, 1.807) is 32.9 Å². The molecule has 1 heterocycles. The van der Waals surface area contributed by atoms with E-state index in [9.17, 15) is 8.78 Å². The van der Waals surface area contributed by atoms with Gasteiger partial charge in [0, 0.05) is 5.31 Å². The van der Waals surface area contributed by atoms with Crippen molar-refractivity contribution in [3.63, 3.8) is 0 Å². The summed E-state index contributed by atoms with van der Waals surface area (Å²) in [7, 11) is -4.24. The topological polar surface area (TPSA) is 0 Å². The molecule has 0 spiro atoms. The van der Waals surface area contributed by atoms with Crippen LogP contribution in [0.25, 0.3) is 0 Å². The van der Waals surface area contributed by atoms with E-state index in [1.165, 1.54) is 60.7 Å². The maximum Gasteiger partial charge on any atom is 0.277 e.